The number of methoxy groups -OCH3 is 1. The van der Waals surface area contributed by atoms with Gasteiger partial charge in [0, 0.05) is 0 Å². The van der Waals surface area contributed by atoms with E-state index in [0.29, 0.717) is 28.2 Å². The predicted molar refractivity (Wildman–Crippen MR) is 172 cm³/mol. The Balaban J connectivity index is 1.31. The molecule has 1 amide bonds. The Morgan fingerprint density at radius 2 is 1.59 bits per heavy atom. The maximum Gasteiger partial charge on any atom is 0.271 e. The molecule has 1 heterocycles. The van der Waals surface area contributed by atoms with Crippen LogP contribution in [0.15, 0.2) is 130 Å². The van der Waals surface area contributed by atoms with E-state index in [-0.39, 0.29) is 5.91 Å². The molecule has 0 bridgehead atoms. The number of ether oxygens (including phenoxy) is 2. The predicted octanol–water partition coefficient (Wildman–Crippen LogP) is 9.00. The highest BCUT2D eigenvalue weighted by molar-refractivity contribution is 9.10. The number of nitrogens with zero attached hydrogens (tertiary/aromatic N) is 2. The lowest BCUT2D eigenvalue weighted by Gasteiger charge is -2.15. The summed E-state index contributed by atoms with van der Waals surface area (Å²) in [6.45, 7) is 0.385. The molecule has 202 valence electrons. The van der Waals surface area contributed by atoms with Crippen LogP contribution in [0.1, 0.15) is 11.1 Å². The van der Waals surface area contributed by atoms with Crippen molar-refractivity contribution in [3.8, 4) is 11.5 Å². The van der Waals surface area contributed by atoms with Gasteiger partial charge in [0.25, 0.3) is 5.91 Å². The Labute approximate surface area is 251 Å². The van der Waals surface area contributed by atoms with Gasteiger partial charge in [-0.15, -0.1) is 0 Å². The minimum absolute atomic E-state index is 0.137. The maximum atomic E-state index is 13.7. The number of anilines is 1. The molecule has 0 aromatic heterocycles. The molecule has 0 saturated carbocycles. The van der Waals surface area contributed by atoms with Crippen LogP contribution >= 0.6 is 27.7 Å². The molecular formula is C34H25BrN2O3S. The molecule has 1 aliphatic heterocycles. The van der Waals surface area contributed by atoms with E-state index in [1.807, 2.05) is 97.1 Å². The van der Waals surface area contributed by atoms with Crippen molar-refractivity contribution in [1.82, 2.24) is 0 Å². The van der Waals surface area contributed by atoms with Gasteiger partial charge in [-0.3, -0.25) is 9.69 Å². The molecule has 0 N–H and O–H groups in total. The van der Waals surface area contributed by atoms with Crippen molar-refractivity contribution in [1.29, 1.82) is 0 Å². The first-order chi connectivity index (χ1) is 20.1. The molecule has 1 aliphatic rings. The molecule has 6 rings (SSSR count). The number of hydrogen-bond donors (Lipinski definition) is 0. The summed E-state index contributed by atoms with van der Waals surface area (Å²) in [5.74, 6) is 1.03. The number of hydrogen-bond acceptors (Lipinski definition) is 5. The van der Waals surface area contributed by atoms with Crippen LogP contribution in [0.2, 0.25) is 0 Å². The first kappa shape index (κ1) is 26.9. The van der Waals surface area contributed by atoms with Gasteiger partial charge in [0.1, 0.15) is 6.61 Å². The van der Waals surface area contributed by atoms with Crippen molar-refractivity contribution in [3.63, 3.8) is 0 Å². The van der Waals surface area contributed by atoms with E-state index in [0.717, 1.165) is 32.4 Å². The van der Waals surface area contributed by atoms with Crippen molar-refractivity contribution in [2.24, 2.45) is 4.99 Å². The summed E-state index contributed by atoms with van der Waals surface area (Å²) in [5, 5.41) is 2.92. The Morgan fingerprint density at radius 1 is 0.878 bits per heavy atom. The number of halogens is 1. The fraction of sp³-hybridized carbons (Fsp3) is 0.0588. The van der Waals surface area contributed by atoms with Crippen LogP contribution in [-0.4, -0.2) is 18.2 Å². The number of amidine groups is 1. The summed E-state index contributed by atoms with van der Waals surface area (Å²) in [6.07, 6.45) is 1.86. The van der Waals surface area contributed by atoms with Crippen LogP contribution in [-0.2, 0) is 11.4 Å². The minimum atomic E-state index is -0.137. The second kappa shape index (κ2) is 12.0. The average Bonchev–Trinajstić information content (AvgIpc) is 3.30. The summed E-state index contributed by atoms with van der Waals surface area (Å²) in [5.41, 5.74) is 3.43. The second-order valence-corrected chi connectivity index (χ2v) is 11.1. The molecule has 0 atom stereocenters. The van der Waals surface area contributed by atoms with Gasteiger partial charge in [-0.2, -0.15) is 0 Å². The Morgan fingerprint density at radius 3 is 2.37 bits per heavy atom. The van der Waals surface area contributed by atoms with Crippen LogP contribution in [0.3, 0.4) is 0 Å². The van der Waals surface area contributed by atoms with Crippen molar-refractivity contribution < 1.29 is 14.3 Å². The fourth-order valence-electron chi connectivity index (χ4n) is 4.65. The Bertz CT molecular complexity index is 1780. The Hall–Kier alpha value is -4.33. The minimum Gasteiger partial charge on any atom is -0.493 e. The van der Waals surface area contributed by atoms with E-state index in [2.05, 4.69) is 40.2 Å². The number of benzene rings is 5. The Kier molecular flexibility index (Phi) is 7.89. The molecule has 7 heteroatoms. The van der Waals surface area contributed by atoms with Gasteiger partial charge in [0.05, 0.1) is 27.9 Å². The zero-order chi connectivity index (χ0) is 28.2. The van der Waals surface area contributed by atoms with Crippen LogP contribution < -0.4 is 14.4 Å². The lowest BCUT2D eigenvalue weighted by Crippen LogP contribution is -2.28. The number of aliphatic imine (C=N–C) groups is 1. The SMILES string of the molecule is COc1cc(/C=C2/SC(=Nc3ccccc3)N(c3ccccc3)C2=O)cc(Br)c1OCc1cccc2ccccc12. The third-order valence-corrected chi connectivity index (χ3v) is 8.16. The third-order valence-electron chi connectivity index (χ3n) is 6.60. The average molecular weight is 622 g/mol. The van der Waals surface area contributed by atoms with E-state index in [9.17, 15) is 4.79 Å². The first-order valence-electron chi connectivity index (χ1n) is 13.0. The van der Waals surface area contributed by atoms with Crippen molar-refractivity contribution >= 4 is 67.0 Å². The number of amides is 1. The van der Waals surface area contributed by atoms with Gasteiger partial charge >= 0.3 is 0 Å². The van der Waals surface area contributed by atoms with E-state index >= 15 is 0 Å². The number of rotatable bonds is 7. The molecular weight excluding hydrogens is 596 g/mol. The lowest BCUT2D eigenvalue weighted by molar-refractivity contribution is -0.113. The second-order valence-electron chi connectivity index (χ2n) is 9.28. The van der Waals surface area contributed by atoms with Crippen molar-refractivity contribution in [2.45, 2.75) is 6.61 Å². The molecule has 0 unspecified atom stereocenters. The number of thioether (sulfide) groups is 1. The highest BCUT2D eigenvalue weighted by atomic mass is 79.9. The van der Waals surface area contributed by atoms with Crippen molar-refractivity contribution in [2.75, 3.05) is 12.0 Å². The maximum absolute atomic E-state index is 13.7. The highest BCUT2D eigenvalue weighted by Crippen LogP contribution is 2.41. The van der Waals surface area contributed by atoms with Gasteiger partial charge in [0.15, 0.2) is 16.7 Å². The highest BCUT2D eigenvalue weighted by Gasteiger charge is 2.34. The summed E-state index contributed by atoms with van der Waals surface area (Å²) in [6, 6.07) is 37.4. The topological polar surface area (TPSA) is 51.1 Å². The van der Waals surface area contributed by atoms with Crippen LogP contribution in [0.25, 0.3) is 16.8 Å². The lowest BCUT2D eigenvalue weighted by atomic mass is 10.1. The molecule has 1 fully saturated rings. The van der Waals surface area contributed by atoms with Gasteiger partial charge in [-0.1, -0.05) is 78.9 Å². The quantitative estimate of drug-likeness (QED) is 0.170. The summed E-state index contributed by atoms with van der Waals surface area (Å²) < 4.78 is 12.7. The van der Waals surface area contributed by atoms with Gasteiger partial charge in [0.2, 0.25) is 0 Å². The molecule has 5 aromatic rings. The summed E-state index contributed by atoms with van der Waals surface area (Å²) >= 11 is 5.01. The van der Waals surface area contributed by atoms with Gasteiger partial charge < -0.3 is 9.47 Å². The molecule has 1 saturated heterocycles. The van der Waals surface area contributed by atoms with Gasteiger partial charge in [-0.25, -0.2) is 4.99 Å². The molecule has 5 aromatic carbocycles. The van der Waals surface area contributed by atoms with E-state index in [1.54, 1.807) is 12.0 Å². The van der Waals surface area contributed by atoms with Gasteiger partial charge in [-0.05, 0) is 92.1 Å². The van der Waals surface area contributed by atoms with E-state index in [4.69, 9.17) is 14.5 Å². The standard InChI is InChI=1S/C34H25BrN2O3S/c1-39-30-20-23(19-29(35)32(30)40-22-25-13-10-12-24-11-8-9-18-28(24)25)21-31-33(38)37(27-16-6-3-7-17-27)34(41-31)36-26-14-4-2-5-15-26/h2-21H,22H2,1H3/b31-21+,36-34?. The number of fused-ring (bicyclic) bond motifs is 1. The number of carbonyl (C=O) groups is 1. The monoisotopic (exact) mass is 620 g/mol. The largest absolute Gasteiger partial charge is 0.493 e. The number of para-hydroxylation sites is 2. The molecule has 0 radical (unpaired) electrons. The zero-order valence-electron chi connectivity index (χ0n) is 22.2. The normalized spacial score (nSPS) is 15.2. The van der Waals surface area contributed by atoms with Crippen LogP contribution in [0.5, 0.6) is 11.5 Å². The van der Waals surface area contributed by atoms with E-state index < -0.39 is 0 Å². The van der Waals surface area contributed by atoms with Crippen molar-refractivity contribution in [3.05, 3.63) is 136 Å². The van der Waals surface area contributed by atoms with Crippen LogP contribution in [0, 0.1) is 0 Å². The number of carbonyl (C=O) groups excluding carboxylic acids is 1. The van der Waals surface area contributed by atoms with Crippen LogP contribution in [0.4, 0.5) is 11.4 Å². The van der Waals surface area contributed by atoms with E-state index in [1.165, 1.54) is 17.1 Å². The summed E-state index contributed by atoms with van der Waals surface area (Å²) in [4.78, 5) is 20.7. The third kappa shape index (κ3) is 5.78. The first-order valence-corrected chi connectivity index (χ1v) is 14.6. The smallest absolute Gasteiger partial charge is 0.271 e. The molecule has 0 spiro atoms. The molecule has 41 heavy (non-hydrogen) atoms. The molecule has 0 aliphatic carbocycles. The fourth-order valence-corrected chi connectivity index (χ4v) is 6.22. The zero-order valence-corrected chi connectivity index (χ0v) is 24.6. The summed E-state index contributed by atoms with van der Waals surface area (Å²) in [7, 11) is 1.61. The molecule has 5 nitrogen and oxygen atoms in total.